The Balaban J connectivity index is 2.16. The Labute approximate surface area is 82.7 Å². The van der Waals surface area contributed by atoms with E-state index in [1.807, 2.05) is 0 Å². The fraction of sp³-hybridized carbons (Fsp3) is 0.455. The fourth-order valence-corrected chi connectivity index (χ4v) is 2.75. The van der Waals surface area contributed by atoms with Crippen molar-refractivity contribution in [3.8, 4) is 0 Å². The average molecular weight is 188 g/mol. The van der Waals surface area contributed by atoms with Gasteiger partial charge in [-0.25, -0.2) is 5.01 Å². The molecule has 1 aromatic rings. The van der Waals surface area contributed by atoms with Crippen LogP contribution >= 0.6 is 0 Å². The molecule has 2 aliphatic rings. The molecule has 0 saturated carbocycles. The minimum absolute atomic E-state index is 0.271. The van der Waals surface area contributed by atoms with E-state index in [0.29, 0.717) is 6.54 Å². The van der Waals surface area contributed by atoms with Crippen molar-refractivity contribution in [2.75, 3.05) is 0 Å². The van der Waals surface area contributed by atoms with Gasteiger partial charge in [-0.1, -0.05) is 18.2 Å². The summed E-state index contributed by atoms with van der Waals surface area (Å²) in [5, 5.41) is 4.80. The Bertz CT molecular complexity index is 389. The largest absolute Gasteiger partial charge is 0.249 e. The third-order valence-electron chi connectivity index (χ3n) is 3.34. The highest BCUT2D eigenvalue weighted by Gasteiger charge is 2.34. The third-order valence-corrected chi connectivity index (χ3v) is 3.34. The predicted molar refractivity (Wildman–Crippen MR) is 53.5 cm³/mol. The molecular weight excluding hydrogens is 176 g/mol. The van der Waals surface area contributed by atoms with Gasteiger partial charge in [0.2, 0.25) is 0 Å². The monoisotopic (exact) mass is 188 g/mol. The number of nitroso groups, excluding NO2 is 1. The first-order valence-corrected chi connectivity index (χ1v) is 5.11. The van der Waals surface area contributed by atoms with Crippen LogP contribution in [0.15, 0.2) is 23.5 Å². The van der Waals surface area contributed by atoms with E-state index in [-0.39, 0.29) is 6.04 Å². The standard InChI is InChI=1S/C11H12N2O/c14-12-13-7-9-5-1-3-8-4-2-6-10(13)11(8)9/h1,3,5,10H,2,4,6-7H2. The molecular formula is C11H12N2O. The first-order chi connectivity index (χ1) is 6.90. The Morgan fingerprint density at radius 3 is 3.07 bits per heavy atom. The lowest BCUT2D eigenvalue weighted by Gasteiger charge is -2.24. The van der Waals surface area contributed by atoms with Crippen LogP contribution in [0, 0.1) is 4.91 Å². The predicted octanol–water partition coefficient (Wildman–Crippen LogP) is 2.56. The van der Waals surface area contributed by atoms with Crippen molar-refractivity contribution in [3.63, 3.8) is 0 Å². The maximum atomic E-state index is 10.7. The van der Waals surface area contributed by atoms with Crippen molar-refractivity contribution >= 4 is 0 Å². The van der Waals surface area contributed by atoms with Crippen LogP contribution in [0.5, 0.6) is 0 Å². The Hall–Kier alpha value is -1.38. The summed E-state index contributed by atoms with van der Waals surface area (Å²) >= 11 is 0. The van der Waals surface area contributed by atoms with Gasteiger partial charge in [-0.15, -0.1) is 4.91 Å². The Morgan fingerprint density at radius 1 is 1.36 bits per heavy atom. The van der Waals surface area contributed by atoms with E-state index < -0.39 is 0 Å². The smallest absolute Gasteiger partial charge is 0.0762 e. The summed E-state index contributed by atoms with van der Waals surface area (Å²) in [4.78, 5) is 10.7. The molecule has 0 amide bonds. The van der Waals surface area contributed by atoms with Crippen molar-refractivity contribution in [2.24, 2.45) is 5.29 Å². The van der Waals surface area contributed by atoms with Crippen LogP contribution in [0.2, 0.25) is 0 Å². The van der Waals surface area contributed by atoms with Gasteiger partial charge in [0.25, 0.3) is 0 Å². The maximum absolute atomic E-state index is 10.7. The second-order valence-electron chi connectivity index (χ2n) is 4.08. The second-order valence-corrected chi connectivity index (χ2v) is 4.08. The third kappa shape index (κ3) is 0.924. The second kappa shape index (κ2) is 2.80. The molecule has 1 heterocycles. The Morgan fingerprint density at radius 2 is 2.21 bits per heavy atom. The summed E-state index contributed by atoms with van der Waals surface area (Å²) in [6.07, 6.45) is 3.41. The van der Waals surface area contributed by atoms with Crippen LogP contribution in [0.4, 0.5) is 0 Å². The number of nitrogens with zero attached hydrogens (tertiary/aromatic N) is 2. The quantitative estimate of drug-likeness (QED) is 0.634. The number of hydrogen-bond donors (Lipinski definition) is 0. The van der Waals surface area contributed by atoms with Gasteiger partial charge >= 0.3 is 0 Å². The van der Waals surface area contributed by atoms with Crippen molar-refractivity contribution in [3.05, 3.63) is 39.8 Å². The van der Waals surface area contributed by atoms with E-state index in [1.165, 1.54) is 23.1 Å². The lowest BCUT2D eigenvalue weighted by Crippen LogP contribution is -2.18. The lowest BCUT2D eigenvalue weighted by atomic mass is 9.87. The van der Waals surface area contributed by atoms with E-state index in [1.54, 1.807) is 5.01 Å². The SMILES string of the molecule is O=NN1Cc2cccc3c2C1CCC3. The summed E-state index contributed by atoms with van der Waals surface area (Å²) in [6.45, 7) is 0.706. The molecule has 3 rings (SSSR count). The van der Waals surface area contributed by atoms with Crippen LogP contribution in [-0.4, -0.2) is 5.01 Å². The van der Waals surface area contributed by atoms with Crippen LogP contribution in [0.3, 0.4) is 0 Å². The summed E-state index contributed by atoms with van der Waals surface area (Å²) in [6, 6.07) is 6.65. The van der Waals surface area contributed by atoms with Crippen LogP contribution in [0.1, 0.15) is 35.6 Å². The molecule has 1 atom stereocenters. The maximum Gasteiger partial charge on any atom is 0.0762 e. The van der Waals surface area contributed by atoms with Crippen LogP contribution < -0.4 is 0 Å². The summed E-state index contributed by atoms with van der Waals surface area (Å²) in [7, 11) is 0. The zero-order valence-corrected chi connectivity index (χ0v) is 7.94. The van der Waals surface area contributed by atoms with Crippen molar-refractivity contribution < 1.29 is 0 Å². The minimum atomic E-state index is 0.271. The van der Waals surface area contributed by atoms with E-state index >= 15 is 0 Å². The van der Waals surface area contributed by atoms with Gasteiger partial charge < -0.3 is 0 Å². The average Bonchev–Trinajstić information content (AvgIpc) is 2.60. The first-order valence-electron chi connectivity index (χ1n) is 5.11. The van der Waals surface area contributed by atoms with Crippen LogP contribution in [0.25, 0.3) is 0 Å². The summed E-state index contributed by atoms with van der Waals surface area (Å²) < 4.78 is 0. The highest BCUT2D eigenvalue weighted by Crippen LogP contribution is 2.42. The van der Waals surface area contributed by atoms with Crippen molar-refractivity contribution in [2.45, 2.75) is 31.8 Å². The topological polar surface area (TPSA) is 32.7 Å². The molecule has 0 fully saturated rings. The highest BCUT2D eigenvalue weighted by molar-refractivity contribution is 5.42. The van der Waals surface area contributed by atoms with Gasteiger partial charge in [0, 0.05) is 0 Å². The zero-order valence-electron chi connectivity index (χ0n) is 7.94. The normalized spacial score (nSPS) is 23.4. The van der Waals surface area contributed by atoms with Gasteiger partial charge in [0.15, 0.2) is 0 Å². The molecule has 1 unspecified atom stereocenters. The molecule has 0 aromatic heterocycles. The number of aryl methyl sites for hydroxylation is 1. The van der Waals surface area contributed by atoms with Gasteiger partial charge in [-0.3, -0.25) is 0 Å². The molecule has 1 aliphatic heterocycles. The minimum Gasteiger partial charge on any atom is -0.249 e. The van der Waals surface area contributed by atoms with Gasteiger partial charge in [-0.2, -0.15) is 0 Å². The molecule has 0 radical (unpaired) electrons. The molecule has 3 heteroatoms. The van der Waals surface area contributed by atoms with Crippen molar-refractivity contribution in [1.82, 2.24) is 5.01 Å². The molecule has 3 nitrogen and oxygen atoms in total. The lowest BCUT2D eigenvalue weighted by molar-refractivity contribution is 0.203. The van der Waals surface area contributed by atoms with Crippen LogP contribution in [-0.2, 0) is 13.0 Å². The van der Waals surface area contributed by atoms with E-state index in [2.05, 4.69) is 23.5 Å². The molecule has 14 heavy (non-hydrogen) atoms. The summed E-state index contributed by atoms with van der Waals surface area (Å²) in [5.41, 5.74) is 4.11. The van der Waals surface area contributed by atoms with E-state index in [4.69, 9.17) is 0 Å². The Kier molecular flexibility index (Phi) is 1.60. The van der Waals surface area contributed by atoms with Crippen molar-refractivity contribution in [1.29, 1.82) is 0 Å². The molecule has 0 bridgehead atoms. The molecule has 1 aromatic carbocycles. The van der Waals surface area contributed by atoms with E-state index in [9.17, 15) is 4.91 Å². The summed E-state index contributed by atoms with van der Waals surface area (Å²) in [5.74, 6) is 0. The first kappa shape index (κ1) is 7.97. The molecule has 72 valence electrons. The van der Waals surface area contributed by atoms with Gasteiger partial charge in [0.05, 0.1) is 17.9 Å². The van der Waals surface area contributed by atoms with Gasteiger partial charge in [-0.05, 0) is 36.0 Å². The number of benzene rings is 1. The highest BCUT2D eigenvalue weighted by atomic mass is 16.3. The molecule has 0 spiro atoms. The number of hydrogen-bond acceptors (Lipinski definition) is 2. The molecule has 1 aliphatic carbocycles. The molecule has 0 N–H and O–H groups in total. The fourth-order valence-electron chi connectivity index (χ4n) is 2.75. The van der Waals surface area contributed by atoms with Gasteiger partial charge in [0.1, 0.15) is 0 Å². The zero-order chi connectivity index (χ0) is 9.54. The van der Waals surface area contributed by atoms with E-state index in [0.717, 1.165) is 12.8 Å². The number of rotatable bonds is 1. The molecule has 0 saturated heterocycles.